The van der Waals surface area contributed by atoms with Crippen molar-refractivity contribution in [3.63, 3.8) is 0 Å². The molecule has 4 rings (SSSR count). The molecule has 0 N–H and O–H groups in total. The first-order valence-corrected chi connectivity index (χ1v) is 11.7. The SMILES string of the molecule is COc1cc(/C=C2\N=C(c3ccc([N+](=O)[O-])c(C)c3)OC2=O)cc(Cl)c1OCc1cccc(I)c1. The summed E-state index contributed by atoms with van der Waals surface area (Å²) in [7, 11) is 1.50. The van der Waals surface area contributed by atoms with E-state index >= 15 is 0 Å². The smallest absolute Gasteiger partial charge is 0.363 e. The molecular weight excluding hydrogens is 587 g/mol. The number of esters is 1. The number of hydrogen-bond acceptors (Lipinski definition) is 7. The number of methoxy groups -OCH3 is 1. The Kier molecular flexibility index (Phi) is 7.37. The van der Waals surface area contributed by atoms with E-state index in [0.29, 0.717) is 39.8 Å². The molecule has 3 aromatic rings. The molecular formula is C25H18ClIN2O6. The number of aryl methyl sites for hydroxylation is 1. The molecule has 0 saturated carbocycles. The molecule has 1 aliphatic rings. The molecule has 1 aliphatic heterocycles. The lowest BCUT2D eigenvalue weighted by Gasteiger charge is -2.13. The van der Waals surface area contributed by atoms with Gasteiger partial charge in [0, 0.05) is 20.8 Å². The van der Waals surface area contributed by atoms with Gasteiger partial charge in [0.25, 0.3) is 5.69 Å². The van der Waals surface area contributed by atoms with E-state index in [9.17, 15) is 14.9 Å². The first-order chi connectivity index (χ1) is 16.7. The van der Waals surface area contributed by atoms with E-state index in [2.05, 4.69) is 27.6 Å². The molecule has 0 bridgehead atoms. The second kappa shape index (κ2) is 10.4. The summed E-state index contributed by atoms with van der Waals surface area (Å²) in [5, 5.41) is 11.4. The fourth-order valence-electron chi connectivity index (χ4n) is 3.43. The Morgan fingerprint density at radius 1 is 1.20 bits per heavy atom. The van der Waals surface area contributed by atoms with Gasteiger partial charge in [0.15, 0.2) is 17.2 Å². The van der Waals surface area contributed by atoms with Crippen LogP contribution in [0.1, 0.15) is 22.3 Å². The van der Waals surface area contributed by atoms with Crippen LogP contribution in [-0.2, 0) is 16.1 Å². The van der Waals surface area contributed by atoms with E-state index in [1.54, 1.807) is 25.1 Å². The van der Waals surface area contributed by atoms with Crippen molar-refractivity contribution in [2.75, 3.05) is 7.11 Å². The first kappa shape index (κ1) is 24.7. The van der Waals surface area contributed by atoms with Gasteiger partial charge in [-0.1, -0.05) is 23.7 Å². The third-order valence-electron chi connectivity index (χ3n) is 5.09. The van der Waals surface area contributed by atoms with Crippen LogP contribution < -0.4 is 9.47 Å². The van der Waals surface area contributed by atoms with Gasteiger partial charge in [-0.2, -0.15) is 0 Å². The van der Waals surface area contributed by atoms with E-state index in [1.165, 1.54) is 25.3 Å². The van der Waals surface area contributed by atoms with Crippen LogP contribution in [0.15, 0.2) is 65.3 Å². The molecule has 0 saturated heterocycles. The summed E-state index contributed by atoms with van der Waals surface area (Å²) < 4.78 is 17.7. The molecule has 35 heavy (non-hydrogen) atoms. The van der Waals surface area contributed by atoms with Crippen LogP contribution >= 0.6 is 34.2 Å². The average Bonchev–Trinajstić information content (AvgIpc) is 3.17. The van der Waals surface area contributed by atoms with Crippen LogP contribution in [0.5, 0.6) is 11.5 Å². The quantitative estimate of drug-likeness (QED) is 0.106. The van der Waals surface area contributed by atoms with E-state index in [0.717, 1.165) is 9.13 Å². The predicted molar refractivity (Wildman–Crippen MR) is 140 cm³/mol. The van der Waals surface area contributed by atoms with Crippen LogP contribution in [-0.4, -0.2) is 23.9 Å². The molecule has 0 radical (unpaired) electrons. The van der Waals surface area contributed by atoms with Gasteiger partial charge in [-0.05, 0) is 83.1 Å². The summed E-state index contributed by atoms with van der Waals surface area (Å²) in [6.45, 7) is 1.91. The lowest BCUT2D eigenvalue weighted by atomic mass is 10.1. The van der Waals surface area contributed by atoms with Crippen LogP contribution in [0.4, 0.5) is 5.69 Å². The second-order valence-electron chi connectivity index (χ2n) is 7.55. The topological polar surface area (TPSA) is 100 Å². The highest BCUT2D eigenvalue weighted by atomic mass is 127. The number of carbonyl (C=O) groups is 1. The maximum absolute atomic E-state index is 12.4. The number of aliphatic imine (C=N–C) groups is 1. The fourth-order valence-corrected chi connectivity index (χ4v) is 4.31. The highest BCUT2D eigenvalue weighted by molar-refractivity contribution is 14.1. The molecule has 0 aromatic heterocycles. The Bertz CT molecular complexity index is 1400. The van der Waals surface area contributed by atoms with Gasteiger partial charge in [-0.15, -0.1) is 0 Å². The summed E-state index contributed by atoms with van der Waals surface area (Å²) in [6.07, 6.45) is 1.52. The molecule has 0 fully saturated rings. The molecule has 10 heteroatoms. The summed E-state index contributed by atoms with van der Waals surface area (Å²) in [4.78, 5) is 27.2. The second-order valence-corrected chi connectivity index (χ2v) is 9.20. The largest absolute Gasteiger partial charge is 0.493 e. The number of nitrogens with zero attached hydrogens (tertiary/aromatic N) is 2. The van der Waals surface area contributed by atoms with Crippen molar-refractivity contribution >= 4 is 57.8 Å². The molecule has 8 nitrogen and oxygen atoms in total. The normalized spacial score (nSPS) is 14.0. The van der Waals surface area contributed by atoms with Gasteiger partial charge in [0.1, 0.15) is 6.61 Å². The number of nitro benzene ring substituents is 1. The Morgan fingerprint density at radius 2 is 2.00 bits per heavy atom. The van der Waals surface area contributed by atoms with Gasteiger partial charge in [-0.25, -0.2) is 9.79 Å². The zero-order chi connectivity index (χ0) is 25.1. The molecule has 1 heterocycles. The molecule has 0 amide bonds. The molecule has 178 valence electrons. The number of nitro groups is 1. The molecule has 0 spiro atoms. The number of benzene rings is 3. The van der Waals surface area contributed by atoms with E-state index in [1.807, 2.05) is 24.3 Å². The minimum Gasteiger partial charge on any atom is -0.493 e. The van der Waals surface area contributed by atoms with Crippen LogP contribution in [0.3, 0.4) is 0 Å². The molecule has 0 unspecified atom stereocenters. The lowest BCUT2D eigenvalue weighted by molar-refractivity contribution is -0.385. The monoisotopic (exact) mass is 604 g/mol. The fraction of sp³-hybridized carbons (Fsp3) is 0.120. The third kappa shape index (κ3) is 5.63. The number of rotatable bonds is 7. The average molecular weight is 605 g/mol. The zero-order valence-electron chi connectivity index (χ0n) is 18.6. The van der Waals surface area contributed by atoms with Crippen LogP contribution in [0, 0.1) is 20.6 Å². The van der Waals surface area contributed by atoms with Gasteiger partial charge in [0.05, 0.1) is 17.1 Å². The van der Waals surface area contributed by atoms with E-state index < -0.39 is 10.9 Å². The number of cyclic esters (lactones) is 1. The highest BCUT2D eigenvalue weighted by Gasteiger charge is 2.25. The van der Waals surface area contributed by atoms with Crippen molar-refractivity contribution in [3.05, 3.63) is 101 Å². The number of halogens is 2. The predicted octanol–water partition coefficient (Wildman–Crippen LogP) is 6.09. The van der Waals surface area contributed by atoms with Gasteiger partial charge < -0.3 is 14.2 Å². The van der Waals surface area contributed by atoms with Crippen LogP contribution in [0.25, 0.3) is 6.08 Å². The minimum atomic E-state index is -0.648. The van der Waals surface area contributed by atoms with E-state index in [-0.39, 0.29) is 17.3 Å². The van der Waals surface area contributed by atoms with Crippen molar-refractivity contribution in [1.82, 2.24) is 0 Å². The Hall–Kier alpha value is -3.44. The van der Waals surface area contributed by atoms with Crippen molar-refractivity contribution in [2.45, 2.75) is 13.5 Å². The van der Waals surface area contributed by atoms with Crippen molar-refractivity contribution in [3.8, 4) is 11.5 Å². The summed E-state index contributed by atoms with van der Waals surface area (Å²) in [5.41, 5.74) is 2.46. The summed E-state index contributed by atoms with van der Waals surface area (Å²) in [6, 6.07) is 15.6. The van der Waals surface area contributed by atoms with Gasteiger partial charge >= 0.3 is 5.97 Å². The number of hydrogen-bond donors (Lipinski definition) is 0. The molecule has 3 aromatic carbocycles. The first-order valence-electron chi connectivity index (χ1n) is 10.3. The number of carbonyl (C=O) groups excluding carboxylic acids is 1. The Balaban J connectivity index is 1.59. The molecule has 0 aliphatic carbocycles. The van der Waals surface area contributed by atoms with Crippen molar-refractivity contribution in [2.24, 2.45) is 4.99 Å². The van der Waals surface area contributed by atoms with Gasteiger partial charge in [-0.3, -0.25) is 10.1 Å². The van der Waals surface area contributed by atoms with Gasteiger partial charge in [0.2, 0.25) is 5.90 Å². The Labute approximate surface area is 219 Å². The van der Waals surface area contributed by atoms with Crippen molar-refractivity contribution in [1.29, 1.82) is 0 Å². The standard InChI is InChI=1S/C25H18ClIN2O6/c1-14-8-17(6-7-21(14)29(31)32)24-28-20(25(30)35-24)11-16-10-19(26)23(22(12-16)33-2)34-13-15-4-3-5-18(27)9-15/h3-12H,13H2,1-2H3/b20-11-. The maximum Gasteiger partial charge on any atom is 0.363 e. The summed E-state index contributed by atoms with van der Waals surface area (Å²) in [5.74, 6) is 0.200. The lowest BCUT2D eigenvalue weighted by Crippen LogP contribution is -2.06. The summed E-state index contributed by atoms with van der Waals surface area (Å²) >= 11 is 8.70. The number of ether oxygens (including phenoxy) is 3. The Morgan fingerprint density at radius 3 is 2.69 bits per heavy atom. The maximum atomic E-state index is 12.4. The zero-order valence-corrected chi connectivity index (χ0v) is 21.5. The van der Waals surface area contributed by atoms with Crippen LogP contribution in [0.2, 0.25) is 5.02 Å². The minimum absolute atomic E-state index is 0.0273. The third-order valence-corrected chi connectivity index (χ3v) is 6.04. The van der Waals surface area contributed by atoms with E-state index in [4.69, 9.17) is 25.8 Å². The molecule has 0 atom stereocenters. The highest BCUT2D eigenvalue weighted by Crippen LogP contribution is 2.38. The van der Waals surface area contributed by atoms with Crippen molar-refractivity contribution < 1.29 is 23.9 Å².